The number of nitrogens with zero attached hydrogens (tertiary/aromatic N) is 6. The summed E-state index contributed by atoms with van der Waals surface area (Å²) in [5.74, 6) is -2.67. The summed E-state index contributed by atoms with van der Waals surface area (Å²) in [6, 6.07) is 9.51. The van der Waals surface area contributed by atoms with Gasteiger partial charge in [0.05, 0.1) is 24.6 Å². The van der Waals surface area contributed by atoms with Crippen molar-refractivity contribution in [2.24, 2.45) is 10.9 Å². The molecule has 3 aliphatic heterocycles. The van der Waals surface area contributed by atoms with Gasteiger partial charge in [0.15, 0.2) is 5.83 Å². The Morgan fingerprint density at radius 3 is 2.69 bits per heavy atom. The zero-order valence-electron chi connectivity index (χ0n) is 25.6. The van der Waals surface area contributed by atoms with Gasteiger partial charge in [0.1, 0.15) is 24.1 Å². The Kier molecular flexibility index (Phi) is 8.87. The number of benzene rings is 1. The van der Waals surface area contributed by atoms with Crippen molar-refractivity contribution in [3.63, 3.8) is 0 Å². The third kappa shape index (κ3) is 5.92. The largest absolute Gasteiger partial charge is 0.475 e. The topological polar surface area (TPSA) is 96.0 Å². The number of aryl methyl sites for hydroxylation is 1. The van der Waals surface area contributed by atoms with Crippen LogP contribution in [0, 0.1) is 28.6 Å². The van der Waals surface area contributed by atoms with Gasteiger partial charge in [-0.05, 0) is 81.0 Å². The van der Waals surface area contributed by atoms with E-state index in [0.29, 0.717) is 17.9 Å². The van der Waals surface area contributed by atoms with Crippen molar-refractivity contribution in [3.05, 3.63) is 76.5 Å². The Labute approximate surface area is 263 Å². The summed E-state index contributed by atoms with van der Waals surface area (Å²) in [6.45, 7) is 5.06. The quantitative estimate of drug-likeness (QED) is 0.419. The highest BCUT2D eigenvalue weighted by molar-refractivity contribution is 6.00. The highest BCUT2D eigenvalue weighted by Gasteiger charge is 2.42. The lowest BCUT2D eigenvalue weighted by molar-refractivity contribution is -0.133. The molecule has 3 heterocycles. The van der Waals surface area contributed by atoms with Gasteiger partial charge in [0, 0.05) is 42.9 Å². The van der Waals surface area contributed by atoms with Crippen LogP contribution in [-0.4, -0.2) is 84.5 Å². The number of amides is 1. The van der Waals surface area contributed by atoms with E-state index in [4.69, 9.17) is 9.73 Å². The van der Waals surface area contributed by atoms with Crippen LogP contribution in [0.3, 0.4) is 0 Å². The second-order valence-corrected chi connectivity index (χ2v) is 12.5. The van der Waals surface area contributed by atoms with Gasteiger partial charge in [-0.15, -0.1) is 0 Å². The van der Waals surface area contributed by atoms with E-state index in [1.54, 1.807) is 6.08 Å². The average Bonchev–Trinajstić information content (AvgIpc) is 3.46. The standard InChI is InChI=1S/C35H38F2N6O2/c1-22(36)35(44)43-16-15-42(20-24(43)12-13-38)33-29-17-31(37)28(27-11-5-8-23-7-3-4-10-26(23)27)18-32(29)40-34(30(33)19-39)45-21-25-9-6-14-41(25)2/h5,8,11,17-18,24-25,29,32H,1,3-4,6-7,9-10,12,14-16,20-21H2,2H3/t24-,25-,29?,32?/m0/s1. The van der Waals surface area contributed by atoms with Crippen LogP contribution in [-0.2, 0) is 22.4 Å². The number of halogens is 2. The molecule has 4 atom stereocenters. The Morgan fingerprint density at radius 2 is 1.96 bits per heavy atom. The van der Waals surface area contributed by atoms with Crippen molar-refractivity contribution in [2.45, 2.75) is 63.1 Å². The Balaban J connectivity index is 1.39. The molecule has 10 heteroatoms. The van der Waals surface area contributed by atoms with Gasteiger partial charge in [-0.3, -0.25) is 4.79 Å². The SMILES string of the molecule is C=C(F)C(=O)N1CCN(C2=C(C#N)C(OC[C@@H]3CCCN3C)=NC3C=C(c4cccc5c4CCCC5)C(F)=CC23)C[C@@H]1CC#N. The number of hydrogen-bond donors (Lipinski definition) is 0. The highest BCUT2D eigenvalue weighted by atomic mass is 19.1. The molecule has 5 aliphatic rings. The van der Waals surface area contributed by atoms with Crippen LogP contribution in [0.15, 0.2) is 64.8 Å². The first-order valence-corrected chi connectivity index (χ1v) is 15.8. The molecule has 2 fully saturated rings. The minimum atomic E-state index is -1.08. The maximum atomic E-state index is 16.2. The number of nitriles is 2. The molecule has 2 saturated heterocycles. The van der Waals surface area contributed by atoms with E-state index in [-0.39, 0.29) is 49.4 Å². The maximum Gasteiger partial charge on any atom is 0.282 e. The van der Waals surface area contributed by atoms with Crippen LogP contribution in [0.5, 0.6) is 0 Å². The van der Waals surface area contributed by atoms with Gasteiger partial charge in [0.2, 0.25) is 5.90 Å². The number of carbonyl (C=O) groups is 1. The van der Waals surface area contributed by atoms with Crippen molar-refractivity contribution in [1.82, 2.24) is 14.7 Å². The van der Waals surface area contributed by atoms with Gasteiger partial charge in [-0.25, -0.2) is 13.8 Å². The normalized spacial score (nSPS) is 26.6. The molecule has 1 aromatic rings. The first-order valence-electron chi connectivity index (χ1n) is 15.8. The first kappa shape index (κ1) is 30.7. The molecule has 0 spiro atoms. The molecule has 0 bridgehead atoms. The van der Waals surface area contributed by atoms with Gasteiger partial charge in [-0.2, -0.15) is 10.5 Å². The first-order chi connectivity index (χ1) is 21.8. The van der Waals surface area contributed by atoms with E-state index >= 15 is 4.39 Å². The molecular formula is C35H38F2N6O2. The van der Waals surface area contributed by atoms with Crippen molar-refractivity contribution >= 4 is 17.4 Å². The van der Waals surface area contributed by atoms with Gasteiger partial charge in [-0.1, -0.05) is 24.8 Å². The van der Waals surface area contributed by atoms with Crippen LogP contribution in [0.25, 0.3) is 5.57 Å². The summed E-state index contributed by atoms with van der Waals surface area (Å²) in [5.41, 5.74) is 4.61. The van der Waals surface area contributed by atoms with Crippen LogP contribution in [0.4, 0.5) is 8.78 Å². The van der Waals surface area contributed by atoms with Crippen LogP contribution < -0.4 is 0 Å². The molecule has 45 heavy (non-hydrogen) atoms. The molecule has 0 saturated carbocycles. The number of piperazine rings is 1. The zero-order chi connectivity index (χ0) is 31.7. The molecule has 0 radical (unpaired) electrons. The second kappa shape index (κ2) is 13.0. The van der Waals surface area contributed by atoms with Crippen LogP contribution >= 0.6 is 0 Å². The van der Waals surface area contributed by atoms with Crippen molar-refractivity contribution < 1.29 is 18.3 Å². The fraction of sp³-hybridized carbons (Fsp3) is 0.486. The fourth-order valence-corrected chi connectivity index (χ4v) is 7.51. The predicted octanol–water partition coefficient (Wildman–Crippen LogP) is 5.01. The second-order valence-electron chi connectivity index (χ2n) is 12.5. The Hall–Kier alpha value is -4.28. The summed E-state index contributed by atoms with van der Waals surface area (Å²) in [5, 5.41) is 20.0. The van der Waals surface area contributed by atoms with Crippen molar-refractivity contribution in [1.29, 1.82) is 10.5 Å². The van der Waals surface area contributed by atoms with E-state index in [1.807, 2.05) is 23.1 Å². The predicted molar refractivity (Wildman–Crippen MR) is 167 cm³/mol. The lowest BCUT2D eigenvalue weighted by Gasteiger charge is -2.45. The molecule has 0 aromatic heterocycles. The lowest BCUT2D eigenvalue weighted by Crippen LogP contribution is -2.56. The maximum absolute atomic E-state index is 16.2. The number of likely N-dealkylation sites (tertiary alicyclic amines) is 1. The third-order valence-electron chi connectivity index (χ3n) is 9.87. The number of carbonyl (C=O) groups excluding carboxylic acids is 1. The summed E-state index contributed by atoms with van der Waals surface area (Å²) >= 11 is 0. The Morgan fingerprint density at radius 1 is 1.13 bits per heavy atom. The summed E-state index contributed by atoms with van der Waals surface area (Å²) < 4.78 is 36.4. The number of likely N-dealkylation sites (N-methyl/N-ethyl adjacent to an activating group) is 1. The molecule has 1 aromatic carbocycles. The van der Waals surface area contributed by atoms with Crippen LogP contribution in [0.2, 0.25) is 0 Å². The number of rotatable bonds is 6. The fourth-order valence-electron chi connectivity index (χ4n) is 7.51. The minimum Gasteiger partial charge on any atom is -0.475 e. The van der Waals surface area contributed by atoms with Gasteiger partial charge < -0.3 is 19.4 Å². The van der Waals surface area contributed by atoms with Gasteiger partial charge >= 0.3 is 0 Å². The molecule has 6 rings (SSSR count). The summed E-state index contributed by atoms with van der Waals surface area (Å²) in [4.78, 5) is 23.0. The monoisotopic (exact) mass is 612 g/mol. The number of allylic oxidation sites excluding steroid dienone is 2. The number of dihydropyridines is 1. The zero-order valence-corrected chi connectivity index (χ0v) is 25.6. The van der Waals surface area contributed by atoms with E-state index in [2.05, 4.69) is 36.7 Å². The Bertz CT molecular complexity index is 1600. The van der Waals surface area contributed by atoms with Crippen LogP contribution in [0.1, 0.15) is 48.8 Å². The van der Waals surface area contributed by atoms with E-state index in [9.17, 15) is 19.7 Å². The third-order valence-corrected chi connectivity index (χ3v) is 9.87. The smallest absolute Gasteiger partial charge is 0.282 e. The lowest BCUT2D eigenvalue weighted by atomic mass is 9.79. The summed E-state index contributed by atoms with van der Waals surface area (Å²) in [6.07, 6.45) is 9.50. The van der Waals surface area contributed by atoms with Gasteiger partial charge in [0.25, 0.3) is 5.91 Å². The van der Waals surface area contributed by atoms with E-state index in [1.165, 1.54) is 16.0 Å². The average molecular weight is 613 g/mol. The molecule has 2 unspecified atom stereocenters. The van der Waals surface area contributed by atoms with Crippen molar-refractivity contribution in [2.75, 3.05) is 39.8 Å². The number of ether oxygens (including phenoxy) is 1. The molecule has 1 amide bonds. The van der Waals surface area contributed by atoms with E-state index < -0.39 is 29.7 Å². The minimum absolute atomic E-state index is 0.0301. The molecular weight excluding hydrogens is 574 g/mol. The molecule has 2 aliphatic carbocycles. The number of aliphatic imine (C=N–C) groups is 1. The van der Waals surface area contributed by atoms with Crippen molar-refractivity contribution in [3.8, 4) is 12.1 Å². The summed E-state index contributed by atoms with van der Waals surface area (Å²) in [7, 11) is 2.05. The number of fused-ring (bicyclic) bond motifs is 2. The molecule has 8 nitrogen and oxygen atoms in total. The molecule has 234 valence electrons. The molecule has 0 N–H and O–H groups in total. The van der Waals surface area contributed by atoms with E-state index in [0.717, 1.165) is 50.6 Å². The number of hydrogen-bond acceptors (Lipinski definition) is 7. The highest BCUT2D eigenvalue weighted by Crippen LogP contribution is 2.43.